The smallest absolute Gasteiger partial charge is 0.348 e. The van der Waals surface area contributed by atoms with E-state index in [0.717, 1.165) is 4.57 Å². The van der Waals surface area contributed by atoms with Crippen molar-refractivity contribution >= 4 is 5.91 Å². The molecule has 1 aliphatic rings. The molecule has 3 rings (SSSR count). The summed E-state index contributed by atoms with van der Waals surface area (Å²) >= 11 is 0. The first-order chi connectivity index (χ1) is 17.8. The summed E-state index contributed by atoms with van der Waals surface area (Å²) in [7, 11) is 0. The summed E-state index contributed by atoms with van der Waals surface area (Å²) in [6, 6.07) is 5.42. The maximum atomic E-state index is 11.6. The third-order valence-electron chi connectivity index (χ3n) is 5.41. The normalized spacial score (nSPS) is 23.6. The van der Waals surface area contributed by atoms with Gasteiger partial charge in [0.05, 0.1) is 45.3 Å². The molecule has 1 saturated heterocycles. The Morgan fingerprint density at radius 1 is 0.973 bits per heavy atom. The van der Waals surface area contributed by atoms with Gasteiger partial charge in [0.15, 0.2) is 6.29 Å². The average Bonchev–Trinajstić information content (AvgIpc) is 3.22. The van der Waals surface area contributed by atoms with E-state index in [-0.39, 0.29) is 26.4 Å². The fraction of sp³-hybridized carbons (Fsp3) is 0.591. The van der Waals surface area contributed by atoms with Gasteiger partial charge in [-0.25, -0.2) is 24.4 Å². The molecule has 15 nitrogen and oxygen atoms in total. The van der Waals surface area contributed by atoms with Crippen molar-refractivity contribution in [2.45, 2.75) is 37.6 Å². The van der Waals surface area contributed by atoms with E-state index < -0.39 is 54.5 Å². The van der Waals surface area contributed by atoms with Crippen molar-refractivity contribution in [3.63, 3.8) is 0 Å². The van der Waals surface area contributed by atoms with E-state index in [2.05, 4.69) is 15.5 Å². The van der Waals surface area contributed by atoms with Crippen molar-refractivity contribution in [2.75, 3.05) is 46.2 Å². The molecule has 15 heteroatoms. The second-order valence-electron chi connectivity index (χ2n) is 8.07. The number of ether oxygens (including phenoxy) is 5. The molecular weight excluding hydrogens is 496 g/mol. The number of aromatic nitrogens is 3. The monoisotopic (exact) mass is 528 g/mol. The number of carbonyl (C=O) groups is 1. The Balaban J connectivity index is 1.27. The standard InChI is InChI=1S/C22H32N4O11/c1-13(28)23-17-19(30)18(29)16(12-27)37-20(17)36-11-9-34-7-6-33-8-10-35-15-4-2-14(3-5-15)26-21(31)24-25-22(26)32/h2-5,16-20,27,29-30H,6-12H2,1H3,(H,23,28)(H,24,31)(H,25,32)/t16?,17?,18-,19+,20+/m0/s1. The summed E-state index contributed by atoms with van der Waals surface area (Å²) < 4.78 is 28.4. The van der Waals surface area contributed by atoms with E-state index in [1.807, 2.05) is 0 Å². The SMILES string of the molecule is CC(=O)NC1[C@H](OCCOCCOCCOc2ccc(-n3c(=O)[nH][nH]c3=O)cc2)OC(CO)[C@H](O)[C@@H]1O. The predicted molar refractivity (Wildman–Crippen MR) is 125 cm³/mol. The Hall–Kier alpha value is -3.05. The highest BCUT2D eigenvalue weighted by atomic mass is 16.7. The highest BCUT2D eigenvalue weighted by Crippen LogP contribution is 2.22. The molecule has 6 N–H and O–H groups in total. The van der Waals surface area contributed by atoms with E-state index in [1.54, 1.807) is 24.3 Å². The average molecular weight is 529 g/mol. The number of hydrogen-bond acceptors (Lipinski definition) is 11. The molecule has 1 aromatic heterocycles. The van der Waals surface area contributed by atoms with Crippen LogP contribution in [-0.4, -0.2) is 113 Å². The molecule has 0 bridgehead atoms. The lowest BCUT2D eigenvalue weighted by molar-refractivity contribution is -0.272. The molecular formula is C22H32N4O11. The number of benzene rings is 1. The van der Waals surface area contributed by atoms with Gasteiger partial charge in [0, 0.05) is 6.92 Å². The quantitative estimate of drug-likeness (QED) is 0.138. The molecule has 37 heavy (non-hydrogen) atoms. The molecule has 1 amide bonds. The molecule has 0 aliphatic carbocycles. The third kappa shape index (κ3) is 7.96. The van der Waals surface area contributed by atoms with Crippen LogP contribution in [0.2, 0.25) is 0 Å². The first-order valence-electron chi connectivity index (χ1n) is 11.6. The van der Waals surface area contributed by atoms with Crippen LogP contribution >= 0.6 is 0 Å². The van der Waals surface area contributed by atoms with Crippen molar-refractivity contribution in [3.05, 3.63) is 45.2 Å². The first-order valence-corrected chi connectivity index (χ1v) is 11.6. The van der Waals surface area contributed by atoms with Gasteiger partial charge in [-0.3, -0.25) is 4.79 Å². The Labute approximate surface area is 210 Å². The maximum Gasteiger partial charge on any atom is 0.348 e. The molecule has 0 radical (unpaired) electrons. The number of aliphatic hydroxyl groups is 3. The molecule has 5 atom stereocenters. The van der Waals surface area contributed by atoms with Crippen LogP contribution in [0.25, 0.3) is 5.69 Å². The number of amides is 1. The van der Waals surface area contributed by atoms with E-state index in [9.17, 15) is 29.7 Å². The van der Waals surface area contributed by atoms with Gasteiger partial charge in [0.2, 0.25) is 5.91 Å². The molecule has 2 unspecified atom stereocenters. The summed E-state index contributed by atoms with van der Waals surface area (Å²) in [5.41, 5.74) is -0.724. The van der Waals surface area contributed by atoms with E-state index in [4.69, 9.17) is 23.7 Å². The van der Waals surface area contributed by atoms with Gasteiger partial charge in [-0.05, 0) is 24.3 Å². The number of rotatable bonds is 14. The van der Waals surface area contributed by atoms with Crippen molar-refractivity contribution in [3.8, 4) is 11.4 Å². The minimum Gasteiger partial charge on any atom is -0.491 e. The second kappa shape index (κ2) is 14.0. The van der Waals surface area contributed by atoms with Gasteiger partial charge < -0.3 is 44.3 Å². The van der Waals surface area contributed by atoms with Gasteiger partial charge in [-0.15, -0.1) is 0 Å². The zero-order valence-electron chi connectivity index (χ0n) is 20.2. The lowest BCUT2D eigenvalue weighted by atomic mass is 9.97. The minimum absolute atomic E-state index is 0.0710. The lowest BCUT2D eigenvalue weighted by Crippen LogP contribution is -2.64. The van der Waals surface area contributed by atoms with Crippen LogP contribution in [0.4, 0.5) is 0 Å². The summed E-state index contributed by atoms with van der Waals surface area (Å²) in [6.07, 6.45) is -4.87. The van der Waals surface area contributed by atoms with Gasteiger partial charge in [0.25, 0.3) is 0 Å². The van der Waals surface area contributed by atoms with Crippen molar-refractivity contribution < 1.29 is 43.8 Å². The van der Waals surface area contributed by atoms with Crippen LogP contribution in [0, 0.1) is 0 Å². The summed E-state index contributed by atoms with van der Waals surface area (Å²) in [4.78, 5) is 34.6. The van der Waals surface area contributed by atoms with Gasteiger partial charge >= 0.3 is 11.4 Å². The van der Waals surface area contributed by atoms with Crippen LogP contribution in [0.15, 0.2) is 33.9 Å². The molecule has 206 valence electrons. The fourth-order valence-corrected chi connectivity index (χ4v) is 3.61. The zero-order valence-corrected chi connectivity index (χ0v) is 20.2. The van der Waals surface area contributed by atoms with Gasteiger partial charge in [0.1, 0.15) is 36.7 Å². The van der Waals surface area contributed by atoms with E-state index in [1.165, 1.54) is 6.92 Å². The number of aromatic amines is 2. The number of carbonyl (C=O) groups excluding carboxylic acids is 1. The Morgan fingerprint density at radius 2 is 1.57 bits per heavy atom. The topological polar surface area (TPSA) is 207 Å². The molecule has 0 spiro atoms. The fourth-order valence-electron chi connectivity index (χ4n) is 3.61. The third-order valence-corrected chi connectivity index (χ3v) is 5.41. The van der Waals surface area contributed by atoms with Crippen LogP contribution in [0.1, 0.15) is 6.92 Å². The molecule has 1 aromatic carbocycles. The molecule has 1 fully saturated rings. The second-order valence-corrected chi connectivity index (χ2v) is 8.07. The maximum absolute atomic E-state index is 11.6. The van der Waals surface area contributed by atoms with Gasteiger partial charge in [-0.2, -0.15) is 0 Å². The highest BCUT2D eigenvalue weighted by Gasteiger charge is 2.45. The lowest BCUT2D eigenvalue weighted by Gasteiger charge is -2.42. The summed E-state index contributed by atoms with van der Waals surface area (Å²) in [5, 5.41) is 36.4. The summed E-state index contributed by atoms with van der Waals surface area (Å²) in [5.74, 6) is 0.111. The van der Waals surface area contributed by atoms with Crippen molar-refractivity contribution in [1.29, 1.82) is 0 Å². The van der Waals surface area contributed by atoms with Crippen LogP contribution in [-0.2, 0) is 23.7 Å². The van der Waals surface area contributed by atoms with Crippen LogP contribution in [0.3, 0.4) is 0 Å². The van der Waals surface area contributed by atoms with E-state index in [0.29, 0.717) is 24.7 Å². The Kier molecular flexibility index (Phi) is 10.8. The molecule has 1 aliphatic heterocycles. The predicted octanol–water partition coefficient (Wildman–Crippen LogP) is -2.77. The largest absolute Gasteiger partial charge is 0.491 e. The summed E-state index contributed by atoms with van der Waals surface area (Å²) in [6.45, 7) is 2.13. The first kappa shape index (κ1) is 28.5. The number of hydrogen-bond donors (Lipinski definition) is 6. The Morgan fingerprint density at radius 3 is 2.16 bits per heavy atom. The van der Waals surface area contributed by atoms with Gasteiger partial charge in [-0.1, -0.05) is 0 Å². The molecule has 2 aromatic rings. The minimum atomic E-state index is -1.38. The van der Waals surface area contributed by atoms with Crippen molar-refractivity contribution in [2.24, 2.45) is 0 Å². The zero-order chi connectivity index (χ0) is 26.8. The van der Waals surface area contributed by atoms with Crippen LogP contribution in [0.5, 0.6) is 5.75 Å². The number of H-pyrrole nitrogens is 2. The van der Waals surface area contributed by atoms with Crippen LogP contribution < -0.4 is 21.4 Å². The number of nitrogens with zero attached hydrogens (tertiary/aromatic N) is 1. The Bertz CT molecular complexity index is 1060. The number of nitrogens with one attached hydrogen (secondary N) is 3. The number of aliphatic hydroxyl groups excluding tert-OH is 3. The molecule has 2 heterocycles. The van der Waals surface area contributed by atoms with Crippen molar-refractivity contribution in [1.82, 2.24) is 20.1 Å². The van der Waals surface area contributed by atoms with E-state index >= 15 is 0 Å². The molecule has 0 saturated carbocycles. The highest BCUT2D eigenvalue weighted by molar-refractivity contribution is 5.73.